The van der Waals surface area contributed by atoms with Crippen molar-refractivity contribution in [2.45, 2.75) is 32.1 Å². The van der Waals surface area contributed by atoms with E-state index in [1.807, 2.05) is 30.5 Å². The van der Waals surface area contributed by atoms with Gasteiger partial charge in [-0.05, 0) is 49.0 Å². The first kappa shape index (κ1) is 19.6. The molecule has 152 valence electrons. The van der Waals surface area contributed by atoms with Gasteiger partial charge in [0.1, 0.15) is 11.5 Å². The predicted octanol–water partition coefficient (Wildman–Crippen LogP) is 2.63. The second-order valence-electron chi connectivity index (χ2n) is 7.47. The van der Waals surface area contributed by atoms with Crippen LogP contribution in [-0.4, -0.2) is 47.4 Å². The zero-order valence-corrected chi connectivity index (χ0v) is 16.8. The van der Waals surface area contributed by atoms with Crippen LogP contribution in [0.25, 0.3) is 16.6 Å². The van der Waals surface area contributed by atoms with Gasteiger partial charge in [-0.2, -0.15) is 9.57 Å². The fourth-order valence-electron chi connectivity index (χ4n) is 3.55. The monoisotopic (exact) mass is 413 g/mol. The van der Waals surface area contributed by atoms with E-state index in [0.717, 1.165) is 29.4 Å². The summed E-state index contributed by atoms with van der Waals surface area (Å²) in [5.74, 6) is 0.604. The topological polar surface area (TPSA) is 119 Å². The van der Waals surface area contributed by atoms with Crippen LogP contribution in [0.1, 0.15) is 37.7 Å². The molecule has 0 bridgehead atoms. The van der Waals surface area contributed by atoms with Gasteiger partial charge in [-0.1, -0.05) is 6.08 Å². The van der Waals surface area contributed by atoms with Gasteiger partial charge in [0.05, 0.1) is 11.8 Å². The summed E-state index contributed by atoms with van der Waals surface area (Å²) in [5.41, 5.74) is 2.70. The first-order chi connectivity index (χ1) is 14.0. The van der Waals surface area contributed by atoms with Crippen molar-refractivity contribution in [1.29, 1.82) is 5.26 Å². The number of anilines is 1. The van der Waals surface area contributed by atoms with E-state index in [-0.39, 0.29) is 24.0 Å². The zero-order chi connectivity index (χ0) is 20.4. The lowest BCUT2D eigenvalue weighted by molar-refractivity contribution is -0.117. The number of aromatic nitrogens is 2. The number of nitrogens with zero attached hydrogens (tertiary/aromatic N) is 3. The lowest BCUT2D eigenvalue weighted by atomic mass is 9.98. The third-order valence-corrected chi connectivity index (χ3v) is 7.25. The number of hydrogen-bond donors (Lipinski definition) is 2. The minimum atomic E-state index is -3.36. The van der Waals surface area contributed by atoms with Gasteiger partial charge in [-0.15, -0.1) is 0 Å². The van der Waals surface area contributed by atoms with Crippen LogP contribution in [0.5, 0.6) is 0 Å². The highest BCUT2D eigenvalue weighted by Gasteiger charge is 2.30. The number of pyridine rings is 1. The number of amides is 1. The maximum atomic E-state index is 12.4. The first-order valence-corrected chi connectivity index (χ1v) is 11.4. The fourth-order valence-corrected chi connectivity index (χ4v) is 4.99. The molecule has 8 nitrogen and oxygen atoms in total. The van der Waals surface area contributed by atoms with Gasteiger partial charge in [-0.3, -0.25) is 4.79 Å². The Morgan fingerprint density at radius 2 is 2.24 bits per heavy atom. The average molecular weight is 414 g/mol. The highest BCUT2D eigenvalue weighted by Crippen LogP contribution is 2.33. The van der Waals surface area contributed by atoms with Crippen LogP contribution < -0.4 is 5.32 Å². The van der Waals surface area contributed by atoms with E-state index >= 15 is 0 Å². The third-order valence-electron chi connectivity index (χ3n) is 5.33. The fraction of sp³-hybridized carbons (Fsp3) is 0.450. The van der Waals surface area contributed by atoms with Crippen molar-refractivity contribution in [2.75, 3.05) is 24.2 Å². The summed E-state index contributed by atoms with van der Waals surface area (Å²) >= 11 is 0. The zero-order valence-electron chi connectivity index (χ0n) is 16.0. The van der Waals surface area contributed by atoms with Crippen LogP contribution in [0.4, 0.5) is 5.82 Å². The largest absolute Gasteiger partial charge is 0.346 e. The minimum Gasteiger partial charge on any atom is -0.346 e. The number of sulfonamides is 1. The van der Waals surface area contributed by atoms with E-state index in [1.165, 1.54) is 4.31 Å². The summed E-state index contributed by atoms with van der Waals surface area (Å²) in [7, 11) is -3.36. The number of H-pyrrole nitrogens is 1. The number of hydrogen-bond acceptors (Lipinski definition) is 5. The van der Waals surface area contributed by atoms with Crippen molar-refractivity contribution >= 4 is 38.4 Å². The van der Waals surface area contributed by atoms with E-state index < -0.39 is 10.0 Å². The minimum absolute atomic E-state index is 0.00150. The molecule has 2 aromatic heterocycles. The highest BCUT2D eigenvalue weighted by atomic mass is 32.2. The predicted molar refractivity (Wildman–Crippen MR) is 110 cm³/mol. The Labute approximate surface area is 169 Å². The number of rotatable bonds is 7. The lowest BCUT2D eigenvalue weighted by Gasteiger charge is -2.26. The van der Waals surface area contributed by atoms with Crippen molar-refractivity contribution < 1.29 is 13.2 Å². The number of carbonyl (C=O) groups is 1. The summed E-state index contributed by atoms with van der Waals surface area (Å²) in [4.78, 5) is 19.7. The van der Waals surface area contributed by atoms with Gasteiger partial charge in [0.25, 0.3) is 0 Å². The number of aromatic amines is 1. The molecule has 1 aliphatic heterocycles. The molecule has 0 spiro atoms. The van der Waals surface area contributed by atoms with Crippen LogP contribution in [0.3, 0.4) is 0 Å². The Morgan fingerprint density at radius 1 is 1.41 bits per heavy atom. The van der Waals surface area contributed by atoms with E-state index in [9.17, 15) is 13.2 Å². The van der Waals surface area contributed by atoms with Gasteiger partial charge >= 0.3 is 0 Å². The number of unbranched alkanes of at least 4 members (excludes halogenated alkanes) is 1. The number of nitriles is 1. The Kier molecular flexibility index (Phi) is 5.39. The molecule has 2 N–H and O–H groups in total. The van der Waals surface area contributed by atoms with Crippen molar-refractivity contribution in [3.8, 4) is 6.07 Å². The summed E-state index contributed by atoms with van der Waals surface area (Å²) in [6.45, 7) is 0.709. The van der Waals surface area contributed by atoms with E-state index in [0.29, 0.717) is 37.4 Å². The van der Waals surface area contributed by atoms with Gasteiger partial charge in [0.2, 0.25) is 15.9 Å². The Balaban J connectivity index is 1.55. The average Bonchev–Trinajstić information content (AvgIpc) is 3.46. The van der Waals surface area contributed by atoms with Crippen molar-refractivity contribution in [1.82, 2.24) is 14.3 Å². The molecule has 1 fully saturated rings. The quantitative estimate of drug-likeness (QED) is 0.676. The first-order valence-electron chi connectivity index (χ1n) is 9.81. The molecule has 1 amide bonds. The number of fused-ring (bicyclic) bond motifs is 1. The summed E-state index contributed by atoms with van der Waals surface area (Å²) in [6, 6.07) is 5.80. The van der Waals surface area contributed by atoms with Crippen LogP contribution in [0.2, 0.25) is 0 Å². The Bertz CT molecular complexity index is 1110. The van der Waals surface area contributed by atoms with Gasteiger partial charge < -0.3 is 10.3 Å². The maximum Gasteiger partial charge on any atom is 0.228 e. The highest BCUT2D eigenvalue weighted by molar-refractivity contribution is 7.89. The van der Waals surface area contributed by atoms with Crippen molar-refractivity contribution in [2.24, 2.45) is 5.92 Å². The van der Waals surface area contributed by atoms with Crippen LogP contribution in [0, 0.1) is 17.2 Å². The molecule has 3 heterocycles. The molecule has 0 saturated heterocycles. The standard InChI is InChI=1S/C20H23N5O3S/c21-8-1-2-12-29(27,28)25-10-6-14(7-11-25)17-13-18(24-20(26)15-3-4-15)23-19-16(17)5-9-22-19/h5-6,9,13,15H,1-4,7,10-12H2,(H2,22,23,24,26). The number of nitrogens with one attached hydrogen (secondary N) is 2. The molecular formula is C20H23N5O3S. The number of carbonyl (C=O) groups excluding carboxylic acids is 1. The van der Waals surface area contributed by atoms with Gasteiger partial charge in [0, 0.05) is 37.0 Å². The molecule has 0 aromatic carbocycles. The molecule has 1 aliphatic carbocycles. The smallest absolute Gasteiger partial charge is 0.228 e. The van der Waals surface area contributed by atoms with E-state index in [1.54, 1.807) is 0 Å². The molecule has 29 heavy (non-hydrogen) atoms. The molecular weight excluding hydrogens is 390 g/mol. The summed E-state index contributed by atoms with van der Waals surface area (Å²) in [5, 5.41) is 12.5. The third kappa shape index (κ3) is 4.33. The molecule has 9 heteroatoms. The van der Waals surface area contributed by atoms with Gasteiger partial charge in [-0.25, -0.2) is 13.4 Å². The molecule has 0 radical (unpaired) electrons. The molecule has 0 unspecified atom stereocenters. The second kappa shape index (κ2) is 7.97. The molecule has 1 saturated carbocycles. The molecule has 2 aromatic rings. The van der Waals surface area contributed by atoms with E-state index in [4.69, 9.17) is 5.26 Å². The Morgan fingerprint density at radius 3 is 2.93 bits per heavy atom. The molecule has 4 rings (SSSR count). The molecule has 0 atom stereocenters. The van der Waals surface area contributed by atoms with E-state index in [2.05, 4.69) is 15.3 Å². The van der Waals surface area contributed by atoms with Crippen molar-refractivity contribution in [3.63, 3.8) is 0 Å². The van der Waals surface area contributed by atoms with Crippen LogP contribution in [0.15, 0.2) is 24.4 Å². The van der Waals surface area contributed by atoms with Crippen molar-refractivity contribution in [3.05, 3.63) is 30.0 Å². The molecule has 2 aliphatic rings. The SMILES string of the molecule is N#CCCCS(=O)(=O)N1CC=C(c2cc(NC(=O)C3CC3)nc3[nH]ccc23)CC1. The Hall–Kier alpha value is -2.70. The summed E-state index contributed by atoms with van der Waals surface area (Å²) in [6.07, 6.45) is 6.76. The lowest BCUT2D eigenvalue weighted by Crippen LogP contribution is -2.36. The van der Waals surface area contributed by atoms with Crippen LogP contribution in [-0.2, 0) is 14.8 Å². The normalized spacial score (nSPS) is 17.7. The van der Waals surface area contributed by atoms with Crippen LogP contribution >= 0.6 is 0 Å². The second-order valence-corrected chi connectivity index (χ2v) is 9.56. The maximum absolute atomic E-state index is 12.4. The van der Waals surface area contributed by atoms with Gasteiger partial charge in [0.15, 0.2) is 0 Å². The summed E-state index contributed by atoms with van der Waals surface area (Å²) < 4.78 is 26.4.